The van der Waals surface area contributed by atoms with Crippen molar-refractivity contribution in [3.63, 3.8) is 0 Å². The molecule has 1 saturated heterocycles. The fraction of sp³-hybridized carbons (Fsp3) is 0.559. The van der Waals surface area contributed by atoms with Crippen molar-refractivity contribution in [1.29, 1.82) is 0 Å². The van der Waals surface area contributed by atoms with E-state index in [4.69, 9.17) is 4.74 Å². The second-order valence-electron chi connectivity index (χ2n) is 12.5. The van der Waals surface area contributed by atoms with Crippen molar-refractivity contribution >= 4 is 17.8 Å². The Morgan fingerprint density at radius 1 is 1.10 bits per heavy atom. The highest BCUT2D eigenvalue weighted by Crippen LogP contribution is 2.44. The van der Waals surface area contributed by atoms with Crippen molar-refractivity contribution in [1.82, 2.24) is 15.1 Å². The topological polar surface area (TPSA) is 99.2 Å². The summed E-state index contributed by atoms with van der Waals surface area (Å²) in [4.78, 5) is 41.7. The van der Waals surface area contributed by atoms with Crippen LogP contribution in [0.5, 0.6) is 0 Å². The van der Waals surface area contributed by atoms with E-state index >= 15 is 4.39 Å². The van der Waals surface area contributed by atoms with E-state index in [-0.39, 0.29) is 30.7 Å². The molecule has 51 heavy (non-hydrogen) atoms. The van der Waals surface area contributed by atoms with E-state index in [1.807, 2.05) is 0 Å². The molecule has 3 aliphatic rings. The third-order valence-electron chi connectivity index (χ3n) is 8.64. The smallest absolute Gasteiger partial charge is 0.413 e. The van der Waals surface area contributed by atoms with Crippen LogP contribution in [0.2, 0.25) is 0 Å². The number of hydrogen-bond donors (Lipinski definition) is 2. The van der Waals surface area contributed by atoms with Gasteiger partial charge in [-0.15, -0.1) is 0 Å². The molecule has 284 valence electrons. The molecule has 1 fully saturated rings. The summed E-state index contributed by atoms with van der Waals surface area (Å²) in [5.74, 6) is -7.25. The van der Waals surface area contributed by atoms with Gasteiger partial charge in [0, 0.05) is 54.8 Å². The highest BCUT2D eigenvalue weighted by atomic mass is 19.4. The van der Waals surface area contributed by atoms with Gasteiger partial charge in [-0.25, -0.2) is 13.2 Å². The third-order valence-corrected chi connectivity index (χ3v) is 8.64. The van der Waals surface area contributed by atoms with Crippen LogP contribution in [0.1, 0.15) is 60.3 Å². The lowest BCUT2D eigenvalue weighted by Crippen LogP contribution is -2.65. The average Bonchev–Trinajstić information content (AvgIpc) is 2.99. The first-order valence-corrected chi connectivity index (χ1v) is 16.1. The largest absolute Gasteiger partial charge is 0.481 e. The van der Waals surface area contributed by atoms with Crippen LogP contribution < -0.4 is 5.32 Å². The van der Waals surface area contributed by atoms with Crippen LogP contribution >= 0.6 is 0 Å². The van der Waals surface area contributed by atoms with Crippen LogP contribution in [0.15, 0.2) is 69.8 Å². The highest BCUT2D eigenvalue weighted by molar-refractivity contribution is 5.96. The molecule has 0 aromatic carbocycles. The van der Waals surface area contributed by atoms with Gasteiger partial charge in [0.05, 0.1) is 18.6 Å². The van der Waals surface area contributed by atoms with Gasteiger partial charge in [0.15, 0.2) is 0 Å². The van der Waals surface area contributed by atoms with Gasteiger partial charge in [0.1, 0.15) is 23.8 Å². The zero-order chi connectivity index (χ0) is 38.6. The Hall–Kier alpha value is -4.02. The van der Waals surface area contributed by atoms with Crippen LogP contribution in [0.3, 0.4) is 0 Å². The van der Waals surface area contributed by atoms with Gasteiger partial charge in [-0.2, -0.15) is 26.3 Å². The second kappa shape index (κ2) is 16.5. The molecule has 2 unspecified atom stereocenters. The molecule has 0 spiro atoms. The number of amides is 2. The van der Waals surface area contributed by atoms with Gasteiger partial charge < -0.3 is 20.1 Å². The monoisotopic (exact) mass is 741 g/mol. The molecule has 0 saturated carbocycles. The Labute approximate surface area is 289 Å². The predicted octanol–water partition coefficient (Wildman–Crippen LogP) is 7.29. The Morgan fingerprint density at radius 2 is 1.69 bits per heavy atom. The summed E-state index contributed by atoms with van der Waals surface area (Å²) in [5.41, 5.74) is -3.49. The van der Waals surface area contributed by atoms with Gasteiger partial charge in [-0.3, -0.25) is 19.3 Å². The van der Waals surface area contributed by atoms with E-state index in [1.165, 1.54) is 43.9 Å². The summed E-state index contributed by atoms with van der Waals surface area (Å²) in [7, 11) is 0. The molecule has 0 aromatic rings. The first-order chi connectivity index (χ1) is 23.6. The number of carboxylic acid groups (broad SMARTS) is 1. The second-order valence-corrected chi connectivity index (χ2v) is 12.5. The molecular formula is C34H40F9N3O5. The number of likely N-dealkylation sites (tertiary alicyclic amines) is 1. The van der Waals surface area contributed by atoms with Gasteiger partial charge in [0.25, 0.3) is 0 Å². The predicted molar refractivity (Wildman–Crippen MR) is 167 cm³/mol. The number of hydrogen-bond acceptors (Lipinski definition) is 5. The third kappa shape index (κ3) is 10.1. The Kier molecular flexibility index (Phi) is 13.4. The van der Waals surface area contributed by atoms with Gasteiger partial charge >= 0.3 is 18.3 Å². The van der Waals surface area contributed by atoms with Gasteiger partial charge in [0.2, 0.25) is 18.2 Å². The minimum absolute atomic E-state index is 0.135. The quantitative estimate of drug-likeness (QED) is 0.117. The Balaban J connectivity index is 2.25. The van der Waals surface area contributed by atoms with Crippen molar-refractivity contribution in [2.45, 2.75) is 103 Å². The zero-order valence-corrected chi connectivity index (χ0v) is 28.5. The van der Waals surface area contributed by atoms with Crippen LogP contribution in [-0.2, 0) is 19.1 Å². The lowest BCUT2D eigenvalue weighted by Gasteiger charge is -2.49. The molecule has 8 nitrogen and oxygen atoms in total. The summed E-state index contributed by atoms with van der Waals surface area (Å²) < 4.78 is 132. The summed E-state index contributed by atoms with van der Waals surface area (Å²) >= 11 is 0. The number of carbonyl (C=O) groups is 3. The number of carbonyl (C=O) groups excluding carboxylic acids is 2. The van der Waals surface area contributed by atoms with E-state index in [1.54, 1.807) is 6.92 Å². The number of aliphatic carboxylic acids is 1. The zero-order valence-electron chi connectivity index (χ0n) is 28.5. The molecule has 5 atom stereocenters. The molecule has 2 N–H and O–H groups in total. The maximum absolute atomic E-state index is 16.5. The minimum Gasteiger partial charge on any atom is -0.481 e. The highest BCUT2D eigenvalue weighted by Gasteiger charge is 2.49. The fourth-order valence-corrected chi connectivity index (χ4v) is 6.11. The van der Waals surface area contributed by atoms with Crippen LogP contribution in [0, 0.1) is 5.92 Å². The number of carboxylic acids is 1. The summed E-state index contributed by atoms with van der Waals surface area (Å²) in [5, 5.41) is 12.3. The Bertz CT molecular complexity index is 1540. The molecule has 17 heteroatoms. The normalized spacial score (nSPS) is 23.7. The number of allylic oxidation sites excluding steroid dienone is 6. The van der Waals surface area contributed by atoms with Crippen molar-refractivity contribution in [2.24, 2.45) is 5.92 Å². The number of ether oxygens (including phenoxy) is 1. The van der Waals surface area contributed by atoms with Gasteiger partial charge in [-0.05, 0) is 44.3 Å². The van der Waals surface area contributed by atoms with Crippen molar-refractivity contribution in [3.05, 3.63) is 69.8 Å². The molecule has 2 heterocycles. The lowest BCUT2D eigenvalue weighted by atomic mass is 9.79. The summed E-state index contributed by atoms with van der Waals surface area (Å²) in [6.07, 6.45) is -12.7. The number of rotatable bonds is 13. The maximum Gasteiger partial charge on any atom is 0.413 e. The molecule has 3 rings (SSSR count). The molecular weight excluding hydrogens is 701 g/mol. The maximum atomic E-state index is 16.5. The fourth-order valence-electron chi connectivity index (χ4n) is 6.11. The minimum atomic E-state index is -4.92. The number of nitrogens with one attached hydrogen (secondary N) is 1. The van der Waals surface area contributed by atoms with E-state index in [0.717, 1.165) is 11.8 Å². The van der Waals surface area contributed by atoms with Crippen LogP contribution in [-0.4, -0.2) is 88.9 Å². The number of nitrogens with zero attached hydrogens (tertiary/aromatic N) is 2. The van der Waals surface area contributed by atoms with E-state index in [9.17, 15) is 54.6 Å². The number of alkyl halides is 8. The van der Waals surface area contributed by atoms with E-state index < -0.39 is 114 Å². The summed E-state index contributed by atoms with van der Waals surface area (Å²) in [6, 6.07) is -3.64. The summed E-state index contributed by atoms with van der Waals surface area (Å²) in [6.45, 7) is 5.73. The van der Waals surface area contributed by atoms with E-state index in [0.29, 0.717) is 12.2 Å². The van der Waals surface area contributed by atoms with E-state index in [2.05, 4.69) is 5.32 Å². The van der Waals surface area contributed by atoms with Crippen LogP contribution in [0.4, 0.5) is 39.5 Å². The standard InChI is InChI=1S/C34H40F9N3O5/c1-6-8-9-24(46-26(45-15-22(36)16-45)12-21(13-27(46)47)34(41,42)43)32(50)44-23(14-28(48)49)30(31(37)17(3)7-2)29-18(4)10-20(33(38,39)40)11-25(29)51-19(5)35/h7-9,11,13,18-19,22-24,26H,6,10,12,14-16H2,1-5H3,(H,44,50)(H,48,49)/b9-8+,17-7-,31-30?/t18-,19?,23-,24-,26?/m0/s1. The molecule has 0 aromatic heterocycles. The van der Waals surface area contributed by atoms with Crippen LogP contribution in [0.25, 0.3) is 0 Å². The van der Waals surface area contributed by atoms with Crippen molar-refractivity contribution < 1.29 is 63.7 Å². The lowest BCUT2D eigenvalue weighted by molar-refractivity contribution is -0.152. The first kappa shape index (κ1) is 41.4. The van der Waals surface area contributed by atoms with Gasteiger partial charge in [-0.1, -0.05) is 32.1 Å². The molecule has 0 radical (unpaired) electrons. The van der Waals surface area contributed by atoms with Crippen molar-refractivity contribution in [2.75, 3.05) is 13.1 Å². The molecule has 2 aliphatic heterocycles. The molecule has 0 bridgehead atoms. The number of halogens is 9. The van der Waals surface area contributed by atoms with Crippen molar-refractivity contribution in [3.8, 4) is 0 Å². The molecule has 2 amide bonds. The average molecular weight is 742 g/mol. The Morgan fingerprint density at radius 3 is 2.18 bits per heavy atom. The SMILES string of the molecule is C/C=C(/C)C(F)=C(C1=C(OC(C)F)C=C(C(F)(F)F)C[C@@H]1C)[C@H](CC(=O)O)NC(=O)[C@H](/C=C/CC)N1C(=O)C=C(C(F)(F)F)CC1N1CC(F)C1. The first-order valence-electron chi connectivity index (χ1n) is 16.1. The molecule has 1 aliphatic carbocycles.